The fourth-order valence-electron chi connectivity index (χ4n) is 3.99. The minimum atomic E-state index is -0.151. The molecule has 7 heteroatoms. The summed E-state index contributed by atoms with van der Waals surface area (Å²) in [6.45, 7) is 9.49. The Morgan fingerprint density at radius 3 is 2.48 bits per heavy atom. The minimum absolute atomic E-state index is 0.0507. The number of thiophene rings is 1. The van der Waals surface area contributed by atoms with Crippen molar-refractivity contribution in [1.82, 2.24) is 15.1 Å². The Morgan fingerprint density at radius 1 is 1.14 bits per heavy atom. The Hall–Kier alpha value is -2.09. The van der Waals surface area contributed by atoms with Crippen LogP contribution in [0.25, 0.3) is 0 Å². The zero-order chi connectivity index (χ0) is 20.8. The number of likely N-dealkylation sites (N-methyl/N-ethyl adjacent to an activating group) is 1. The van der Waals surface area contributed by atoms with Gasteiger partial charge in [0.05, 0.1) is 25.8 Å². The van der Waals surface area contributed by atoms with E-state index in [-0.39, 0.29) is 18.0 Å². The second kappa shape index (κ2) is 10.1. The van der Waals surface area contributed by atoms with Gasteiger partial charge in [-0.05, 0) is 37.0 Å². The molecule has 1 amide bonds. The summed E-state index contributed by atoms with van der Waals surface area (Å²) in [5.41, 5.74) is 0.486. The maximum atomic E-state index is 13.1. The molecule has 0 radical (unpaired) electrons. The highest BCUT2D eigenvalue weighted by Gasteiger charge is 2.31. The van der Waals surface area contributed by atoms with Crippen molar-refractivity contribution in [3.05, 3.63) is 46.2 Å². The lowest BCUT2D eigenvalue weighted by Gasteiger charge is -2.41. The van der Waals surface area contributed by atoms with Crippen LogP contribution in [0.2, 0.25) is 0 Å². The Bertz CT molecular complexity index is 789. The molecule has 1 aliphatic heterocycles. The molecule has 1 fully saturated rings. The van der Waals surface area contributed by atoms with E-state index in [0.29, 0.717) is 17.1 Å². The number of methoxy groups -OCH3 is 2. The summed E-state index contributed by atoms with van der Waals surface area (Å²) >= 11 is 1.74. The summed E-state index contributed by atoms with van der Waals surface area (Å²) in [7, 11) is 3.13. The third-order valence-corrected chi connectivity index (χ3v) is 6.51. The van der Waals surface area contributed by atoms with Gasteiger partial charge in [0.2, 0.25) is 0 Å². The van der Waals surface area contributed by atoms with Crippen molar-refractivity contribution in [2.45, 2.75) is 25.9 Å². The van der Waals surface area contributed by atoms with Gasteiger partial charge in [0.1, 0.15) is 0 Å². The molecular weight excluding hydrogens is 386 g/mol. The first-order valence-corrected chi connectivity index (χ1v) is 11.0. The smallest absolute Gasteiger partial charge is 0.255 e. The van der Waals surface area contributed by atoms with Crippen LogP contribution in [0.3, 0.4) is 0 Å². The first-order valence-electron chi connectivity index (χ1n) is 10.1. The molecule has 1 aromatic heterocycles. The molecule has 3 rings (SSSR count). The number of benzene rings is 1. The second-order valence-electron chi connectivity index (χ2n) is 7.23. The summed E-state index contributed by atoms with van der Waals surface area (Å²) in [5.74, 6) is 0.865. The van der Waals surface area contributed by atoms with Crippen molar-refractivity contribution in [3.63, 3.8) is 0 Å². The molecule has 0 unspecified atom stereocenters. The minimum Gasteiger partial charge on any atom is -0.493 e. The third-order valence-electron chi connectivity index (χ3n) is 5.56. The average Bonchev–Trinajstić information content (AvgIpc) is 3.27. The van der Waals surface area contributed by atoms with Crippen molar-refractivity contribution in [2.24, 2.45) is 0 Å². The number of para-hydroxylation sites is 1. The Labute approximate surface area is 177 Å². The Morgan fingerprint density at radius 2 is 1.90 bits per heavy atom. The zero-order valence-electron chi connectivity index (χ0n) is 17.7. The molecule has 0 saturated carbocycles. The normalized spacial score (nSPS) is 17.5. The molecule has 1 aliphatic rings. The maximum absolute atomic E-state index is 13.1. The van der Waals surface area contributed by atoms with Crippen LogP contribution in [0.5, 0.6) is 11.5 Å². The van der Waals surface area contributed by atoms with Gasteiger partial charge in [0.15, 0.2) is 11.5 Å². The molecule has 0 aliphatic carbocycles. The van der Waals surface area contributed by atoms with Gasteiger partial charge in [-0.3, -0.25) is 9.69 Å². The van der Waals surface area contributed by atoms with Gasteiger partial charge in [0.25, 0.3) is 5.91 Å². The van der Waals surface area contributed by atoms with Gasteiger partial charge < -0.3 is 19.7 Å². The molecule has 158 valence electrons. The summed E-state index contributed by atoms with van der Waals surface area (Å²) < 4.78 is 10.8. The number of piperazine rings is 1. The highest BCUT2D eigenvalue weighted by Crippen LogP contribution is 2.32. The van der Waals surface area contributed by atoms with Crippen molar-refractivity contribution in [2.75, 3.05) is 46.9 Å². The topological polar surface area (TPSA) is 54.0 Å². The third kappa shape index (κ3) is 4.91. The van der Waals surface area contributed by atoms with E-state index in [9.17, 15) is 4.79 Å². The number of hydrogen-bond acceptors (Lipinski definition) is 6. The summed E-state index contributed by atoms with van der Waals surface area (Å²) in [5, 5.41) is 5.31. The molecule has 1 aromatic carbocycles. The second-order valence-corrected chi connectivity index (χ2v) is 8.21. The van der Waals surface area contributed by atoms with Crippen LogP contribution >= 0.6 is 11.3 Å². The number of hydrogen-bond donors (Lipinski definition) is 1. The van der Waals surface area contributed by atoms with Gasteiger partial charge >= 0.3 is 0 Å². The largest absolute Gasteiger partial charge is 0.493 e. The van der Waals surface area contributed by atoms with E-state index in [1.165, 1.54) is 4.88 Å². The molecule has 1 saturated heterocycles. The molecule has 1 N–H and O–H groups in total. The molecule has 0 bridgehead atoms. The number of amides is 1. The predicted molar refractivity (Wildman–Crippen MR) is 117 cm³/mol. The van der Waals surface area contributed by atoms with E-state index in [0.717, 1.165) is 32.7 Å². The van der Waals surface area contributed by atoms with E-state index in [1.54, 1.807) is 37.7 Å². The maximum Gasteiger partial charge on any atom is 0.255 e. The summed E-state index contributed by atoms with van der Waals surface area (Å²) in [6, 6.07) is 9.71. The van der Waals surface area contributed by atoms with Crippen LogP contribution in [0.4, 0.5) is 0 Å². The average molecular weight is 418 g/mol. The molecular formula is C22H31N3O3S. The number of rotatable bonds is 8. The molecule has 0 spiro atoms. The molecule has 2 atom stereocenters. The number of carbonyl (C=O) groups is 1. The van der Waals surface area contributed by atoms with E-state index in [2.05, 4.69) is 46.5 Å². The van der Waals surface area contributed by atoms with Gasteiger partial charge in [-0.1, -0.05) is 19.1 Å². The molecule has 2 aromatic rings. The predicted octanol–water partition coefficient (Wildman–Crippen LogP) is 3.26. The number of nitrogens with zero attached hydrogens (tertiary/aromatic N) is 2. The lowest BCUT2D eigenvalue weighted by atomic mass is 10.0. The fourth-order valence-corrected chi connectivity index (χ4v) is 4.95. The standard InChI is InChI=1S/C22H31N3O3S/c1-5-24-11-13-25(14-12-24)20(19-10-7-15-29-19)16(2)23-22(26)17-8-6-9-18(27-3)21(17)28-4/h6-10,15-16,20H,5,11-14H2,1-4H3,(H,23,26)/t16-,20+/m0/s1. The van der Waals surface area contributed by atoms with Crippen LogP contribution in [-0.4, -0.2) is 68.7 Å². The van der Waals surface area contributed by atoms with Crippen LogP contribution in [0.15, 0.2) is 35.7 Å². The van der Waals surface area contributed by atoms with E-state index < -0.39 is 0 Å². The van der Waals surface area contributed by atoms with Gasteiger partial charge in [0, 0.05) is 37.1 Å². The SMILES string of the molecule is CCN1CCN([C@@H](c2cccs2)[C@H](C)NC(=O)c2cccc(OC)c2OC)CC1. The van der Waals surface area contributed by atoms with Gasteiger partial charge in [-0.2, -0.15) is 0 Å². The lowest BCUT2D eigenvalue weighted by Crippen LogP contribution is -2.52. The van der Waals surface area contributed by atoms with Crippen LogP contribution in [0, 0.1) is 0 Å². The Balaban J connectivity index is 1.79. The van der Waals surface area contributed by atoms with Crippen LogP contribution in [-0.2, 0) is 0 Å². The highest BCUT2D eigenvalue weighted by atomic mass is 32.1. The van der Waals surface area contributed by atoms with Crippen molar-refractivity contribution in [3.8, 4) is 11.5 Å². The quantitative estimate of drug-likeness (QED) is 0.715. The van der Waals surface area contributed by atoms with Crippen LogP contribution in [0.1, 0.15) is 35.1 Å². The fraction of sp³-hybridized carbons (Fsp3) is 0.500. The summed E-state index contributed by atoms with van der Waals surface area (Å²) in [4.78, 5) is 19.3. The van der Waals surface area contributed by atoms with Gasteiger partial charge in [-0.25, -0.2) is 0 Å². The number of carbonyl (C=O) groups excluding carboxylic acids is 1. The van der Waals surface area contributed by atoms with Gasteiger partial charge in [-0.15, -0.1) is 11.3 Å². The van der Waals surface area contributed by atoms with E-state index in [4.69, 9.17) is 9.47 Å². The van der Waals surface area contributed by atoms with Crippen molar-refractivity contribution >= 4 is 17.2 Å². The van der Waals surface area contributed by atoms with Crippen molar-refractivity contribution < 1.29 is 14.3 Å². The zero-order valence-corrected chi connectivity index (χ0v) is 18.5. The number of ether oxygens (including phenoxy) is 2. The molecule has 6 nitrogen and oxygen atoms in total. The number of nitrogens with one attached hydrogen (secondary N) is 1. The highest BCUT2D eigenvalue weighted by molar-refractivity contribution is 7.10. The summed E-state index contributed by atoms with van der Waals surface area (Å²) in [6.07, 6.45) is 0. The Kier molecular flexibility index (Phi) is 7.52. The monoisotopic (exact) mass is 417 g/mol. The first kappa shape index (κ1) is 21.6. The first-order chi connectivity index (χ1) is 14.1. The molecule has 29 heavy (non-hydrogen) atoms. The van der Waals surface area contributed by atoms with Crippen molar-refractivity contribution in [1.29, 1.82) is 0 Å². The van der Waals surface area contributed by atoms with E-state index in [1.807, 2.05) is 6.07 Å². The van der Waals surface area contributed by atoms with E-state index >= 15 is 0 Å². The lowest BCUT2D eigenvalue weighted by molar-refractivity contribution is 0.0752. The molecule has 2 heterocycles. The van der Waals surface area contributed by atoms with Crippen LogP contribution < -0.4 is 14.8 Å².